The van der Waals surface area contributed by atoms with E-state index in [4.69, 9.17) is 21.1 Å². The molecule has 0 aromatic heterocycles. The number of benzene rings is 2. The Morgan fingerprint density at radius 1 is 1.15 bits per heavy atom. The average Bonchev–Trinajstić information content (AvgIpc) is 3.10. The van der Waals surface area contributed by atoms with Gasteiger partial charge in [-0.2, -0.15) is 5.26 Å². The minimum atomic E-state index is -0.571. The maximum Gasteiger partial charge on any atom is 0.266 e. The molecule has 3 rings (SSSR count). The number of nitrogens with zero attached hydrogens (tertiary/aromatic N) is 1. The van der Waals surface area contributed by atoms with E-state index in [0.717, 1.165) is 0 Å². The summed E-state index contributed by atoms with van der Waals surface area (Å²) in [6.45, 7) is 1.48. The highest BCUT2D eigenvalue weighted by Crippen LogP contribution is 2.40. The van der Waals surface area contributed by atoms with Gasteiger partial charge in [0, 0.05) is 18.3 Å². The molecule has 0 fully saturated rings. The summed E-state index contributed by atoms with van der Waals surface area (Å²) in [5, 5.41) is 14.9. The third-order valence-corrected chi connectivity index (χ3v) is 3.87. The topological polar surface area (TPSA) is 100 Å². The molecule has 0 unspecified atom stereocenters. The molecule has 2 amide bonds. The third kappa shape index (κ3) is 4.37. The summed E-state index contributed by atoms with van der Waals surface area (Å²) in [4.78, 5) is 23.4. The Kier molecular flexibility index (Phi) is 5.29. The predicted molar refractivity (Wildman–Crippen MR) is 101 cm³/mol. The Labute approximate surface area is 160 Å². The summed E-state index contributed by atoms with van der Waals surface area (Å²) in [7, 11) is 0. The third-order valence-electron chi connectivity index (χ3n) is 3.59. The highest BCUT2D eigenvalue weighted by atomic mass is 35.5. The van der Waals surface area contributed by atoms with Crippen LogP contribution in [0.2, 0.25) is 5.02 Å². The van der Waals surface area contributed by atoms with E-state index in [1.54, 1.807) is 36.4 Å². The van der Waals surface area contributed by atoms with E-state index in [0.29, 0.717) is 33.5 Å². The zero-order valence-electron chi connectivity index (χ0n) is 14.2. The van der Waals surface area contributed by atoms with Gasteiger partial charge in [0.05, 0.1) is 5.02 Å². The molecule has 7 nitrogen and oxygen atoms in total. The largest absolute Gasteiger partial charge is 0.454 e. The van der Waals surface area contributed by atoms with Crippen LogP contribution in [0.5, 0.6) is 11.5 Å². The Morgan fingerprint density at radius 2 is 1.81 bits per heavy atom. The molecule has 2 aromatic rings. The fraction of sp³-hybridized carbons (Fsp3) is 0.105. The van der Waals surface area contributed by atoms with Gasteiger partial charge in [-0.05, 0) is 48.0 Å². The molecule has 0 radical (unpaired) electrons. The van der Waals surface area contributed by atoms with Crippen molar-refractivity contribution in [2.75, 3.05) is 17.4 Å². The number of hydrogen-bond donors (Lipinski definition) is 2. The lowest BCUT2D eigenvalue weighted by Gasteiger charge is -2.07. The summed E-state index contributed by atoms with van der Waals surface area (Å²) >= 11 is 6.11. The number of amides is 2. The number of nitrogens with one attached hydrogen (secondary N) is 2. The summed E-state index contributed by atoms with van der Waals surface area (Å²) in [6.07, 6.45) is 1.41. The highest BCUT2D eigenvalue weighted by Gasteiger charge is 2.18. The fourth-order valence-corrected chi connectivity index (χ4v) is 2.70. The molecule has 27 heavy (non-hydrogen) atoms. The lowest BCUT2D eigenvalue weighted by Crippen LogP contribution is -2.13. The van der Waals surface area contributed by atoms with Gasteiger partial charge in [0.1, 0.15) is 11.6 Å². The second kappa shape index (κ2) is 7.81. The number of anilines is 2. The van der Waals surface area contributed by atoms with Gasteiger partial charge in [-0.25, -0.2) is 0 Å². The first kappa shape index (κ1) is 18.3. The van der Waals surface area contributed by atoms with Gasteiger partial charge < -0.3 is 20.1 Å². The fourth-order valence-electron chi connectivity index (χ4n) is 2.42. The van der Waals surface area contributed by atoms with Crippen LogP contribution in [0, 0.1) is 11.3 Å². The van der Waals surface area contributed by atoms with Gasteiger partial charge in [-0.1, -0.05) is 11.6 Å². The number of halogens is 1. The molecule has 0 spiro atoms. The van der Waals surface area contributed by atoms with Crippen LogP contribution >= 0.6 is 11.6 Å². The number of fused-ring (bicyclic) bond motifs is 1. The first-order valence-corrected chi connectivity index (χ1v) is 8.24. The molecule has 8 heteroatoms. The van der Waals surface area contributed by atoms with Gasteiger partial charge >= 0.3 is 0 Å². The van der Waals surface area contributed by atoms with E-state index in [1.165, 1.54) is 13.0 Å². The molecule has 1 aliphatic heterocycles. The molecule has 2 N–H and O–H groups in total. The van der Waals surface area contributed by atoms with Crippen LogP contribution in [-0.4, -0.2) is 18.6 Å². The molecule has 0 saturated carbocycles. The van der Waals surface area contributed by atoms with Crippen LogP contribution < -0.4 is 20.1 Å². The van der Waals surface area contributed by atoms with Crippen molar-refractivity contribution in [3.63, 3.8) is 0 Å². The van der Waals surface area contributed by atoms with Crippen LogP contribution in [0.1, 0.15) is 12.5 Å². The molecule has 0 aliphatic carbocycles. The Bertz CT molecular complexity index is 978. The first-order valence-electron chi connectivity index (χ1n) is 7.86. The number of rotatable bonds is 4. The zero-order valence-corrected chi connectivity index (χ0v) is 15.0. The van der Waals surface area contributed by atoms with E-state index in [-0.39, 0.29) is 18.3 Å². The second-order valence-electron chi connectivity index (χ2n) is 5.62. The maximum atomic E-state index is 12.4. The Morgan fingerprint density at radius 3 is 2.44 bits per heavy atom. The molecule has 1 heterocycles. The molecule has 1 aliphatic rings. The van der Waals surface area contributed by atoms with Crippen molar-refractivity contribution < 1.29 is 19.1 Å². The van der Waals surface area contributed by atoms with Crippen molar-refractivity contribution in [2.24, 2.45) is 0 Å². The van der Waals surface area contributed by atoms with Gasteiger partial charge in [0.2, 0.25) is 12.7 Å². The van der Waals surface area contributed by atoms with Gasteiger partial charge in [-0.3, -0.25) is 9.59 Å². The van der Waals surface area contributed by atoms with E-state index in [2.05, 4.69) is 10.6 Å². The predicted octanol–water partition coefficient (Wildman–Crippen LogP) is 3.57. The number of ether oxygens (including phenoxy) is 2. The minimum absolute atomic E-state index is 0.0717. The number of nitriles is 1. The summed E-state index contributed by atoms with van der Waals surface area (Å²) in [6, 6.07) is 11.6. The molecule has 2 aromatic carbocycles. The Balaban J connectivity index is 1.76. The lowest BCUT2D eigenvalue weighted by molar-refractivity contribution is -0.114. The van der Waals surface area contributed by atoms with Crippen LogP contribution in [0.15, 0.2) is 42.0 Å². The molecule has 0 atom stereocenters. The van der Waals surface area contributed by atoms with Crippen LogP contribution in [0.25, 0.3) is 6.08 Å². The molecule has 0 bridgehead atoms. The van der Waals surface area contributed by atoms with Crippen molar-refractivity contribution >= 4 is 40.9 Å². The average molecular weight is 384 g/mol. The van der Waals surface area contributed by atoms with Crippen molar-refractivity contribution in [3.8, 4) is 17.6 Å². The smallest absolute Gasteiger partial charge is 0.266 e. The number of hydrogen-bond acceptors (Lipinski definition) is 5. The van der Waals surface area contributed by atoms with Gasteiger partial charge in [-0.15, -0.1) is 0 Å². The summed E-state index contributed by atoms with van der Waals surface area (Å²) < 4.78 is 10.5. The minimum Gasteiger partial charge on any atom is -0.454 e. The van der Waals surface area contributed by atoms with Crippen LogP contribution in [-0.2, 0) is 9.59 Å². The molecular weight excluding hydrogens is 370 g/mol. The molecule has 136 valence electrons. The Hall–Kier alpha value is -3.50. The number of carbonyl (C=O) groups is 2. The molecule has 0 saturated heterocycles. The van der Waals surface area contributed by atoms with E-state index < -0.39 is 5.91 Å². The first-order chi connectivity index (χ1) is 13.0. The van der Waals surface area contributed by atoms with Gasteiger partial charge in [0.25, 0.3) is 5.91 Å². The van der Waals surface area contributed by atoms with Crippen molar-refractivity contribution in [3.05, 3.63) is 52.6 Å². The van der Waals surface area contributed by atoms with E-state index in [9.17, 15) is 14.9 Å². The normalized spacial score (nSPS) is 12.3. The van der Waals surface area contributed by atoms with Gasteiger partial charge in [0.15, 0.2) is 11.5 Å². The van der Waals surface area contributed by atoms with Crippen LogP contribution in [0.3, 0.4) is 0 Å². The van der Waals surface area contributed by atoms with E-state index in [1.807, 2.05) is 6.07 Å². The quantitative estimate of drug-likeness (QED) is 0.621. The monoisotopic (exact) mass is 383 g/mol. The van der Waals surface area contributed by atoms with Crippen molar-refractivity contribution in [1.29, 1.82) is 5.26 Å². The molecular formula is C19H14ClN3O4. The number of carbonyl (C=O) groups excluding carboxylic acids is 2. The lowest BCUT2D eigenvalue weighted by atomic mass is 10.1. The zero-order chi connectivity index (χ0) is 19.4. The second-order valence-corrected chi connectivity index (χ2v) is 6.03. The van der Waals surface area contributed by atoms with Crippen molar-refractivity contribution in [1.82, 2.24) is 0 Å². The SMILES string of the molecule is CC(=O)Nc1ccc(NC(=O)/C(C#N)=C/c2cc(Cl)c3c(c2)OCO3)cc1. The summed E-state index contributed by atoms with van der Waals surface area (Å²) in [5.41, 5.74) is 1.53. The van der Waals surface area contributed by atoms with Crippen molar-refractivity contribution in [2.45, 2.75) is 6.92 Å². The summed E-state index contributed by atoms with van der Waals surface area (Å²) in [5.74, 6) is 0.137. The van der Waals surface area contributed by atoms with Crippen LogP contribution in [0.4, 0.5) is 11.4 Å². The van der Waals surface area contributed by atoms with E-state index >= 15 is 0 Å². The maximum absolute atomic E-state index is 12.4. The standard InChI is InChI=1S/C19H14ClN3O4/c1-11(24)22-14-2-4-15(5-3-14)23-19(25)13(9-21)6-12-7-16(20)18-17(8-12)26-10-27-18/h2-8H,10H2,1H3,(H,22,24)(H,23,25)/b13-6+. The highest BCUT2D eigenvalue weighted by molar-refractivity contribution is 6.32.